The van der Waals surface area contributed by atoms with Gasteiger partial charge in [0.15, 0.2) is 11.5 Å². The van der Waals surface area contributed by atoms with Crippen molar-refractivity contribution in [3.05, 3.63) is 96.8 Å². The monoisotopic (exact) mass is 577 g/mol. The van der Waals surface area contributed by atoms with E-state index in [0.29, 0.717) is 32.0 Å². The predicted molar refractivity (Wildman–Crippen MR) is 139 cm³/mol. The van der Waals surface area contributed by atoms with Crippen molar-refractivity contribution in [2.75, 3.05) is 7.11 Å². The highest BCUT2D eigenvalue weighted by molar-refractivity contribution is 9.10. The zero-order chi connectivity index (χ0) is 24.2. The molecule has 0 N–H and O–H groups in total. The number of imide groups is 1. The second kappa shape index (κ2) is 10.9. The molecule has 1 heterocycles. The number of thioether (sulfide) groups is 1. The minimum absolute atomic E-state index is 0.205. The van der Waals surface area contributed by atoms with Crippen LogP contribution in [-0.4, -0.2) is 23.2 Å². The molecule has 2 amide bonds. The summed E-state index contributed by atoms with van der Waals surface area (Å²) in [5, 5.41) is 0.652. The van der Waals surface area contributed by atoms with E-state index in [2.05, 4.69) is 15.9 Å². The van der Waals surface area contributed by atoms with Gasteiger partial charge in [-0.25, -0.2) is 0 Å². The topological polar surface area (TPSA) is 55.8 Å². The molecule has 0 unspecified atom stereocenters. The molecule has 174 valence electrons. The smallest absolute Gasteiger partial charge is 0.293 e. The molecule has 9 heteroatoms. The van der Waals surface area contributed by atoms with Crippen molar-refractivity contribution in [1.29, 1.82) is 0 Å². The van der Waals surface area contributed by atoms with E-state index >= 15 is 0 Å². The summed E-state index contributed by atoms with van der Waals surface area (Å²) >= 11 is 16.7. The van der Waals surface area contributed by atoms with Gasteiger partial charge >= 0.3 is 0 Å². The number of ether oxygens (including phenoxy) is 2. The first kappa shape index (κ1) is 24.7. The molecular formula is C25H18BrCl2NO4S. The van der Waals surface area contributed by atoms with E-state index in [1.54, 1.807) is 30.3 Å². The average molecular weight is 579 g/mol. The van der Waals surface area contributed by atoms with E-state index in [1.165, 1.54) is 12.0 Å². The summed E-state index contributed by atoms with van der Waals surface area (Å²) in [5.74, 6) is 0.456. The number of carbonyl (C=O) groups excluding carboxylic acids is 2. The van der Waals surface area contributed by atoms with Crippen LogP contribution < -0.4 is 9.47 Å². The number of rotatable bonds is 7. The minimum Gasteiger partial charge on any atom is -0.493 e. The Morgan fingerprint density at radius 2 is 1.68 bits per heavy atom. The highest BCUT2D eigenvalue weighted by atomic mass is 79.9. The number of halogens is 3. The highest BCUT2D eigenvalue weighted by Gasteiger charge is 2.35. The molecule has 1 fully saturated rings. The maximum absolute atomic E-state index is 12.9. The lowest BCUT2D eigenvalue weighted by Crippen LogP contribution is -2.27. The fraction of sp³-hybridized carbons (Fsp3) is 0.120. The molecule has 4 rings (SSSR count). The number of benzene rings is 3. The predicted octanol–water partition coefficient (Wildman–Crippen LogP) is 7.58. The molecule has 0 radical (unpaired) electrons. The van der Waals surface area contributed by atoms with Crippen LogP contribution in [0.25, 0.3) is 6.08 Å². The molecule has 5 nitrogen and oxygen atoms in total. The molecular weight excluding hydrogens is 561 g/mol. The molecule has 0 aliphatic carbocycles. The third-order valence-corrected chi connectivity index (χ3v) is 6.94. The number of hydrogen-bond acceptors (Lipinski definition) is 5. The Bertz CT molecular complexity index is 1260. The molecule has 1 aliphatic rings. The zero-order valence-corrected chi connectivity index (χ0v) is 21.8. The van der Waals surface area contributed by atoms with E-state index in [0.717, 1.165) is 27.4 Å². The van der Waals surface area contributed by atoms with Gasteiger partial charge < -0.3 is 9.47 Å². The summed E-state index contributed by atoms with van der Waals surface area (Å²) in [7, 11) is 1.51. The van der Waals surface area contributed by atoms with Crippen molar-refractivity contribution in [1.82, 2.24) is 4.90 Å². The summed E-state index contributed by atoms with van der Waals surface area (Å²) in [5.41, 5.74) is 2.40. The van der Waals surface area contributed by atoms with Gasteiger partial charge in [-0.3, -0.25) is 14.5 Å². The largest absolute Gasteiger partial charge is 0.493 e. The lowest BCUT2D eigenvalue weighted by molar-refractivity contribution is -0.123. The maximum atomic E-state index is 12.9. The number of hydrogen-bond donors (Lipinski definition) is 0. The normalized spacial score (nSPS) is 14.7. The van der Waals surface area contributed by atoms with Gasteiger partial charge in [0.05, 0.1) is 23.6 Å². The Labute approximate surface area is 219 Å². The van der Waals surface area contributed by atoms with Gasteiger partial charge in [-0.1, -0.05) is 63.4 Å². The van der Waals surface area contributed by atoms with Crippen LogP contribution in [0, 0.1) is 0 Å². The Balaban J connectivity index is 1.52. The molecule has 0 spiro atoms. The summed E-state index contributed by atoms with van der Waals surface area (Å²) in [6.45, 7) is 0.485. The van der Waals surface area contributed by atoms with Gasteiger partial charge in [-0.05, 0) is 70.9 Å². The van der Waals surface area contributed by atoms with Crippen molar-refractivity contribution in [2.45, 2.75) is 13.2 Å². The van der Waals surface area contributed by atoms with E-state index in [4.69, 9.17) is 32.7 Å². The summed E-state index contributed by atoms with van der Waals surface area (Å²) in [4.78, 5) is 26.9. The molecule has 0 atom stereocenters. The third kappa shape index (κ3) is 5.78. The Morgan fingerprint density at radius 3 is 2.35 bits per heavy atom. The summed E-state index contributed by atoms with van der Waals surface area (Å²) < 4.78 is 12.3. The lowest BCUT2D eigenvalue weighted by atomic mass is 10.1. The standard InChI is InChI=1S/C25H18BrCl2NO4S/c1-32-21-11-17(10-20(28)23(21)33-14-16-4-8-19(27)9-5-16)12-22-24(30)29(25(31)34-22)13-15-2-6-18(26)7-3-15/h2-12H,13-14H2,1H3/b22-12-. The SMILES string of the molecule is COc1cc(/C=C2\SC(=O)N(Cc3ccc(Br)cc3)C2=O)cc(Cl)c1OCc1ccc(Cl)cc1. The van der Waals surface area contributed by atoms with Crippen LogP contribution in [0.4, 0.5) is 4.79 Å². The Morgan fingerprint density at radius 1 is 1.00 bits per heavy atom. The van der Waals surface area contributed by atoms with Crippen molar-refractivity contribution in [3.63, 3.8) is 0 Å². The molecule has 3 aromatic rings. The highest BCUT2D eigenvalue weighted by Crippen LogP contribution is 2.39. The van der Waals surface area contributed by atoms with Gasteiger partial charge in [-0.15, -0.1) is 0 Å². The van der Waals surface area contributed by atoms with Crippen LogP contribution in [0.2, 0.25) is 10.0 Å². The second-order valence-corrected chi connectivity index (χ2v) is 10.1. The first-order valence-electron chi connectivity index (χ1n) is 10.1. The minimum atomic E-state index is -0.351. The van der Waals surface area contributed by atoms with Gasteiger partial charge in [0.25, 0.3) is 11.1 Å². The third-order valence-electron chi connectivity index (χ3n) is 4.97. The molecule has 3 aromatic carbocycles. The fourth-order valence-corrected chi connectivity index (χ4v) is 4.76. The van der Waals surface area contributed by atoms with E-state index < -0.39 is 0 Å². The number of nitrogens with zero attached hydrogens (tertiary/aromatic N) is 1. The summed E-state index contributed by atoms with van der Waals surface area (Å²) in [6, 6.07) is 18.1. The maximum Gasteiger partial charge on any atom is 0.293 e. The van der Waals surface area contributed by atoms with Crippen LogP contribution in [0.1, 0.15) is 16.7 Å². The van der Waals surface area contributed by atoms with Crippen molar-refractivity contribution < 1.29 is 19.1 Å². The molecule has 1 aliphatic heterocycles. The Kier molecular flexibility index (Phi) is 7.88. The zero-order valence-electron chi connectivity index (χ0n) is 17.9. The first-order valence-corrected chi connectivity index (χ1v) is 12.4. The fourth-order valence-electron chi connectivity index (χ4n) is 3.26. The Hall–Kier alpha value is -2.45. The van der Waals surface area contributed by atoms with Crippen molar-refractivity contribution in [2.24, 2.45) is 0 Å². The second-order valence-electron chi connectivity index (χ2n) is 7.34. The van der Waals surface area contributed by atoms with Crippen LogP contribution in [0.5, 0.6) is 11.5 Å². The van der Waals surface area contributed by atoms with Crippen LogP contribution in [0.15, 0.2) is 70.0 Å². The van der Waals surface area contributed by atoms with Crippen LogP contribution in [-0.2, 0) is 17.9 Å². The van der Waals surface area contributed by atoms with Gasteiger partial charge in [0.1, 0.15) is 6.61 Å². The van der Waals surface area contributed by atoms with Crippen molar-refractivity contribution >= 4 is 68.1 Å². The van der Waals surface area contributed by atoms with E-state index in [-0.39, 0.29) is 24.3 Å². The van der Waals surface area contributed by atoms with Crippen molar-refractivity contribution in [3.8, 4) is 11.5 Å². The molecule has 0 aromatic heterocycles. The van der Waals surface area contributed by atoms with E-state index in [9.17, 15) is 9.59 Å². The van der Waals surface area contributed by atoms with E-state index in [1.807, 2.05) is 36.4 Å². The molecule has 0 bridgehead atoms. The number of amides is 2. The van der Waals surface area contributed by atoms with Gasteiger partial charge in [0.2, 0.25) is 0 Å². The number of methoxy groups -OCH3 is 1. The lowest BCUT2D eigenvalue weighted by Gasteiger charge is -2.14. The molecule has 34 heavy (non-hydrogen) atoms. The quantitative estimate of drug-likeness (QED) is 0.270. The van der Waals surface area contributed by atoms with Gasteiger partial charge in [0, 0.05) is 9.50 Å². The summed E-state index contributed by atoms with van der Waals surface area (Å²) in [6.07, 6.45) is 1.63. The molecule has 0 saturated carbocycles. The number of carbonyl (C=O) groups is 2. The molecule has 1 saturated heterocycles. The van der Waals surface area contributed by atoms with Gasteiger partial charge in [-0.2, -0.15) is 0 Å². The average Bonchev–Trinajstić information content (AvgIpc) is 3.07. The van der Waals surface area contributed by atoms with Crippen LogP contribution in [0.3, 0.4) is 0 Å². The first-order chi connectivity index (χ1) is 16.3. The van der Waals surface area contributed by atoms with Crippen LogP contribution >= 0.6 is 50.9 Å².